The molecule has 4 nitrogen and oxygen atoms in total. The summed E-state index contributed by atoms with van der Waals surface area (Å²) in [5.74, 6) is 0. The second kappa shape index (κ2) is 3.95. The van der Waals surface area contributed by atoms with Gasteiger partial charge in [0.1, 0.15) is 6.00 Å². The van der Waals surface area contributed by atoms with Gasteiger partial charge in [0.25, 0.3) is 0 Å². The number of para-hydroxylation sites is 1. The number of nitrogens with zero attached hydrogens (tertiary/aromatic N) is 1. The summed E-state index contributed by atoms with van der Waals surface area (Å²) >= 11 is 5.37. The van der Waals surface area contributed by atoms with Crippen LogP contribution in [0.3, 0.4) is 0 Å². The van der Waals surface area contributed by atoms with E-state index in [0.29, 0.717) is 9.99 Å². The monoisotopic (exact) mass is 221 g/mol. The van der Waals surface area contributed by atoms with Crippen LogP contribution in [0, 0.1) is 0 Å². The van der Waals surface area contributed by atoms with Crippen LogP contribution in [-0.2, 0) is 10.3 Å². The van der Waals surface area contributed by atoms with E-state index in [2.05, 4.69) is 0 Å². The van der Waals surface area contributed by atoms with Crippen LogP contribution in [0.15, 0.2) is 30.3 Å². The van der Waals surface area contributed by atoms with Gasteiger partial charge in [0.2, 0.25) is 0 Å². The number of hydrogen-bond donors (Lipinski definition) is 1. The van der Waals surface area contributed by atoms with Crippen molar-refractivity contribution in [1.82, 2.24) is 0 Å². The summed E-state index contributed by atoms with van der Waals surface area (Å²) in [4.78, 5) is 0. The summed E-state index contributed by atoms with van der Waals surface area (Å²) in [5, 5.41) is 0. The Kier molecular flexibility index (Phi) is 3.13. The lowest BCUT2D eigenvalue weighted by molar-refractivity contribution is 0.480. The van der Waals surface area contributed by atoms with E-state index in [1.54, 1.807) is 18.2 Å². The molecule has 13 heavy (non-hydrogen) atoms. The lowest BCUT2D eigenvalue weighted by Crippen LogP contribution is -2.28. The largest absolute Gasteiger partial charge is 0.361 e. The fourth-order valence-electron chi connectivity index (χ4n) is 0.858. The molecule has 0 aliphatic heterocycles. The normalized spacial score (nSPS) is 11.2. The standard InChI is InChI=1S/C7H8ClNO3S/c8-6-9(13(10,11)12)7-4-2-1-3-5-7/h1-5H,6H2,(H,10,11,12). The van der Waals surface area contributed by atoms with Crippen molar-refractivity contribution in [3.63, 3.8) is 0 Å². The van der Waals surface area contributed by atoms with Gasteiger partial charge in [-0.3, -0.25) is 4.55 Å². The zero-order valence-electron chi connectivity index (χ0n) is 6.59. The predicted molar refractivity (Wildman–Crippen MR) is 51.2 cm³/mol. The Morgan fingerprint density at radius 1 is 1.31 bits per heavy atom. The number of hydrogen-bond acceptors (Lipinski definition) is 2. The molecule has 1 aromatic rings. The molecule has 6 heteroatoms. The lowest BCUT2D eigenvalue weighted by Gasteiger charge is -2.16. The van der Waals surface area contributed by atoms with E-state index < -0.39 is 10.3 Å². The molecule has 0 spiro atoms. The molecule has 0 heterocycles. The average Bonchev–Trinajstić information content (AvgIpc) is 2.05. The second-order valence-electron chi connectivity index (χ2n) is 2.28. The lowest BCUT2D eigenvalue weighted by atomic mass is 10.3. The van der Waals surface area contributed by atoms with E-state index >= 15 is 0 Å². The third-order valence-corrected chi connectivity index (χ3v) is 2.71. The minimum atomic E-state index is -4.27. The molecule has 0 saturated heterocycles. The summed E-state index contributed by atoms with van der Waals surface area (Å²) in [6.07, 6.45) is 0. The van der Waals surface area contributed by atoms with E-state index in [1.165, 1.54) is 12.1 Å². The average molecular weight is 222 g/mol. The Hall–Kier alpha value is -0.780. The highest BCUT2D eigenvalue weighted by Crippen LogP contribution is 2.16. The van der Waals surface area contributed by atoms with Gasteiger partial charge in [-0.25, -0.2) is 4.31 Å². The molecule has 0 aliphatic carbocycles. The third kappa shape index (κ3) is 2.58. The fourth-order valence-corrected chi connectivity index (χ4v) is 1.88. The molecule has 0 aliphatic rings. The fraction of sp³-hybridized carbons (Fsp3) is 0.143. The van der Waals surface area contributed by atoms with Crippen molar-refractivity contribution in [3.8, 4) is 0 Å². The molecular weight excluding hydrogens is 214 g/mol. The molecule has 0 unspecified atom stereocenters. The van der Waals surface area contributed by atoms with Crippen molar-refractivity contribution in [2.24, 2.45) is 0 Å². The second-order valence-corrected chi connectivity index (χ2v) is 3.86. The quantitative estimate of drug-likeness (QED) is 0.478. The molecule has 0 saturated carbocycles. The molecule has 0 atom stereocenters. The van der Waals surface area contributed by atoms with Crippen LogP contribution in [0.1, 0.15) is 0 Å². The van der Waals surface area contributed by atoms with E-state index in [-0.39, 0.29) is 6.00 Å². The molecule has 0 aromatic heterocycles. The van der Waals surface area contributed by atoms with Gasteiger partial charge in [0.05, 0.1) is 5.69 Å². The third-order valence-electron chi connectivity index (χ3n) is 1.43. The smallest absolute Gasteiger partial charge is 0.269 e. The summed E-state index contributed by atoms with van der Waals surface area (Å²) in [6, 6.07) is 7.80. The van der Waals surface area contributed by atoms with Crippen molar-refractivity contribution in [2.75, 3.05) is 10.3 Å². The Morgan fingerprint density at radius 3 is 2.23 bits per heavy atom. The van der Waals surface area contributed by atoms with Gasteiger partial charge in [-0.05, 0) is 12.1 Å². The first-order chi connectivity index (χ1) is 6.05. The zero-order valence-corrected chi connectivity index (χ0v) is 8.16. The highest BCUT2D eigenvalue weighted by Gasteiger charge is 2.17. The number of halogens is 1. The van der Waals surface area contributed by atoms with Gasteiger partial charge < -0.3 is 0 Å². The Bertz CT molecular complexity index is 365. The number of alkyl halides is 1. The minimum Gasteiger partial charge on any atom is -0.269 e. The molecule has 0 amide bonds. The van der Waals surface area contributed by atoms with Gasteiger partial charge in [0.15, 0.2) is 0 Å². The maximum absolute atomic E-state index is 10.8. The van der Waals surface area contributed by atoms with Gasteiger partial charge in [0, 0.05) is 0 Å². The Morgan fingerprint density at radius 2 is 1.85 bits per heavy atom. The molecule has 0 fully saturated rings. The van der Waals surface area contributed by atoms with Crippen molar-refractivity contribution < 1.29 is 13.0 Å². The van der Waals surface area contributed by atoms with Crippen LogP contribution < -0.4 is 4.31 Å². The van der Waals surface area contributed by atoms with Crippen molar-refractivity contribution in [2.45, 2.75) is 0 Å². The van der Waals surface area contributed by atoms with Gasteiger partial charge in [-0.15, -0.1) is 11.6 Å². The van der Waals surface area contributed by atoms with Crippen molar-refractivity contribution >= 4 is 27.6 Å². The van der Waals surface area contributed by atoms with E-state index in [9.17, 15) is 8.42 Å². The molecule has 0 bridgehead atoms. The van der Waals surface area contributed by atoms with Crippen LogP contribution in [0.4, 0.5) is 5.69 Å². The molecule has 1 aromatic carbocycles. The van der Waals surface area contributed by atoms with E-state index in [0.717, 1.165) is 0 Å². The first-order valence-corrected chi connectivity index (χ1v) is 5.35. The van der Waals surface area contributed by atoms with Gasteiger partial charge in [-0.2, -0.15) is 8.42 Å². The summed E-state index contributed by atoms with van der Waals surface area (Å²) in [6.45, 7) is 0. The summed E-state index contributed by atoms with van der Waals surface area (Å²) in [5.41, 5.74) is 0.333. The highest BCUT2D eigenvalue weighted by molar-refractivity contribution is 7.87. The Balaban J connectivity index is 3.06. The van der Waals surface area contributed by atoms with E-state index in [1.807, 2.05) is 0 Å². The number of anilines is 1. The first-order valence-electron chi connectivity index (χ1n) is 3.42. The van der Waals surface area contributed by atoms with Crippen LogP contribution in [0.2, 0.25) is 0 Å². The predicted octanol–water partition coefficient (Wildman–Crippen LogP) is 1.49. The minimum absolute atomic E-state index is 0.317. The molecule has 72 valence electrons. The topological polar surface area (TPSA) is 57.6 Å². The maximum Gasteiger partial charge on any atom is 0.361 e. The van der Waals surface area contributed by atoms with E-state index in [4.69, 9.17) is 16.2 Å². The molecular formula is C7H8ClNO3S. The molecule has 1 rings (SSSR count). The summed E-state index contributed by atoms with van der Waals surface area (Å²) < 4.78 is 31.0. The van der Waals surface area contributed by atoms with Crippen LogP contribution in [0.25, 0.3) is 0 Å². The van der Waals surface area contributed by atoms with Gasteiger partial charge >= 0.3 is 10.3 Å². The molecule has 0 radical (unpaired) electrons. The number of rotatable bonds is 3. The van der Waals surface area contributed by atoms with Crippen LogP contribution in [0.5, 0.6) is 0 Å². The van der Waals surface area contributed by atoms with Crippen molar-refractivity contribution in [1.29, 1.82) is 0 Å². The van der Waals surface area contributed by atoms with Crippen molar-refractivity contribution in [3.05, 3.63) is 30.3 Å². The maximum atomic E-state index is 10.8. The van der Waals surface area contributed by atoms with Crippen LogP contribution >= 0.6 is 11.6 Å². The highest BCUT2D eigenvalue weighted by atomic mass is 35.5. The zero-order chi connectivity index (χ0) is 9.90. The Labute approximate surface area is 81.6 Å². The number of benzene rings is 1. The summed E-state index contributed by atoms with van der Waals surface area (Å²) in [7, 11) is -4.27. The molecule has 1 N–H and O–H groups in total. The van der Waals surface area contributed by atoms with Crippen LogP contribution in [-0.4, -0.2) is 19.0 Å². The first kappa shape index (κ1) is 10.3. The van der Waals surface area contributed by atoms with Gasteiger partial charge in [-0.1, -0.05) is 18.2 Å². The SMILES string of the molecule is O=S(=O)(O)N(CCl)c1ccccc1.